The Morgan fingerprint density at radius 3 is 2.84 bits per heavy atom. The molecule has 0 aromatic carbocycles. The standard InChI is InChI=1S/C17H31N7.HI/c1-4-23-10-6-5-8-14(23)12-19-17(18-3)21-15-9-7-11-24-16(15)20-13(2)22-24;/h14-15H,4-12H2,1-3H3,(H2,18,19,21);1H. The topological polar surface area (TPSA) is 70.4 Å². The minimum atomic E-state index is 0. The maximum absolute atomic E-state index is 4.59. The van der Waals surface area contributed by atoms with Gasteiger partial charge < -0.3 is 10.6 Å². The third kappa shape index (κ3) is 5.06. The molecule has 0 saturated carbocycles. The van der Waals surface area contributed by atoms with Crippen LogP contribution in [0.2, 0.25) is 0 Å². The van der Waals surface area contributed by atoms with Gasteiger partial charge in [-0.05, 0) is 45.7 Å². The smallest absolute Gasteiger partial charge is 0.191 e. The van der Waals surface area contributed by atoms with Crippen LogP contribution >= 0.6 is 24.0 Å². The van der Waals surface area contributed by atoms with Crippen LogP contribution in [0.1, 0.15) is 56.7 Å². The van der Waals surface area contributed by atoms with Crippen molar-refractivity contribution >= 4 is 29.9 Å². The molecular weight excluding hydrogens is 429 g/mol. The maximum Gasteiger partial charge on any atom is 0.191 e. The zero-order valence-corrected chi connectivity index (χ0v) is 18.0. The lowest BCUT2D eigenvalue weighted by Crippen LogP contribution is -2.49. The number of nitrogens with one attached hydrogen (secondary N) is 2. The minimum absolute atomic E-state index is 0. The normalized spacial score (nSPS) is 24.4. The van der Waals surface area contributed by atoms with Gasteiger partial charge in [0, 0.05) is 26.2 Å². The van der Waals surface area contributed by atoms with Crippen molar-refractivity contribution in [3.8, 4) is 0 Å². The average Bonchev–Trinajstić information content (AvgIpc) is 2.99. The Bertz CT molecular complexity index is 571. The highest BCUT2D eigenvalue weighted by Gasteiger charge is 2.25. The van der Waals surface area contributed by atoms with E-state index in [1.807, 2.05) is 18.7 Å². The molecule has 2 aliphatic heterocycles. The van der Waals surface area contributed by atoms with Gasteiger partial charge in [-0.1, -0.05) is 13.3 Å². The maximum atomic E-state index is 4.59. The van der Waals surface area contributed by atoms with Crippen molar-refractivity contribution in [2.45, 2.75) is 64.6 Å². The molecule has 0 radical (unpaired) electrons. The van der Waals surface area contributed by atoms with Gasteiger partial charge in [0.25, 0.3) is 0 Å². The molecule has 7 nitrogen and oxygen atoms in total. The van der Waals surface area contributed by atoms with E-state index in [-0.39, 0.29) is 30.0 Å². The third-order valence-corrected chi connectivity index (χ3v) is 5.18. The van der Waals surface area contributed by atoms with Crippen LogP contribution in [-0.4, -0.2) is 58.3 Å². The van der Waals surface area contributed by atoms with E-state index in [4.69, 9.17) is 0 Å². The van der Waals surface area contributed by atoms with E-state index in [1.54, 1.807) is 0 Å². The number of likely N-dealkylation sites (tertiary alicyclic amines) is 1. The van der Waals surface area contributed by atoms with Crippen molar-refractivity contribution in [3.63, 3.8) is 0 Å². The number of aliphatic imine (C=N–C) groups is 1. The summed E-state index contributed by atoms with van der Waals surface area (Å²) in [7, 11) is 1.84. The summed E-state index contributed by atoms with van der Waals surface area (Å²) in [5, 5.41) is 11.5. The van der Waals surface area contributed by atoms with E-state index in [1.165, 1.54) is 25.8 Å². The second kappa shape index (κ2) is 9.70. The summed E-state index contributed by atoms with van der Waals surface area (Å²) >= 11 is 0. The van der Waals surface area contributed by atoms with Crippen LogP contribution in [0.5, 0.6) is 0 Å². The van der Waals surface area contributed by atoms with Gasteiger partial charge in [-0.25, -0.2) is 9.67 Å². The van der Waals surface area contributed by atoms with Gasteiger partial charge in [0.15, 0.2) is 5.96 Å². The Labute approximate surface area is 168 Å². The second-order valence-electron chi connectivity index (χ2n) is 6.81. The molecule has 8 heteroatoms. The van der Waals surface area contributed by atoms with Gasteiger partial charge in [-0.3, -0.25) is 9.89 Å². The highest BCUT2D eigenvalue weighted by atomic mass is 127. The van der Waals surface area contributed by atoms with E-state index in [2.05, 4.69) is 37.5 Å². The van der Waals surface area contributed by atoms with Crippen molar-refractivity contribution in [1.82, 2.24) is 30.3 Å². The monoisotopic (exact) mass is 461 g/mol. The molecule has 0 bridgehead atoms. The number of likely N-dealkylation sites (N-methyl/N-ethyl adjacent to an activating group) is 1. The van der Waals surface area contributed by atoms with Crippen molar-refractivity contribution in [2.24, 2.45) is 4.99 Å². The first kappa shape index (κ1) is 20.4. The number of nitrogens with zero attached hydrogens (tertiary/aromatic N) is 5. The lowest BCUT2D eigenvalue weighted by Gasteiger charge is -2.35. The number of aryl methyl sites for hydroxylation is 2. The van der Waals surface area contributed by atoms with E-state index in [0.29, 0.717) is 6.04 Å². The summed E-state index contributed by atoms with van der Waals surface area (Å²) in [5.74, 6) is 2.76. The van der Waals surface area contributed by atoms with Crippen LogP contribution in [0.25, 0.3) is 0 Å². The number of aromatic nitrogens is 3. The zero-order chi connectivity index (χ0) is 16.9. The van der Waals surface area contributed by atoms with Gasteiger partial charge in [0.1, 0.15) is 11.6 Å². The molecule has 1 fully saturated rings. The minimum Gasteiger partial charge on any atom is -0.355 e. The average molecular weight is 461 g/mol. The summed E-state index contributed by atoms with van der Waals surface area (Å²) in [6.07, 6.45) is 6.13. The van der Waals surface area contributed by atoms with E-state index in [0.717, 1.165) is 50.1 Å². The van der Waals surface area contributed by atoms with Gasteiger partial charge in [-0.2, -0.15) is 5.10 Å². The fourth-order valence-electron chi connectivity index (χ4n) is 3.89. The number of fused-ring (bicyclic) bond motifs is 1. The molecule has 2 aliphatic rings. The number of hydrogen-bond donors (Lipinski definition) is 2. The van der Waals surface area contributed by atoms with E-state index < -0.39 is 0 Å². The number of hydrogen-bond acceptors (Lipinski definition) is 4. The Morgan fingerprint density at radius 1 is 1.24 bits per heavy atom. The number of piperidine rings is 1. The van der Waals surface area contributed by atoms with Gasteiger partial charge in [-0.15, -0.1) is 24.0 Å². The first-order chi connectivity index (χ1) is 11.7. The van der Waals surface area contributed by atoms with Crippen LogP contribution in [0, 0.1) is 6.92 Å². The molecule has 1 saturated heterocycles. The Kier molecular flexibility index (Phi) is 7.92. The summed E-state index contributed by atoms with van der Waals surface area (Å²) in [6.45, 7) is 8.48. The molecule has 3 heterocycles. The number of guanidine groups is 1. The van der Waals surface area contributed by atoms with Crippen LogP contribution in [0.4, 0.5) is 0 Å². The lowest BCUT2D eigenvalue weighted by molar-refractivity contribution is 0.157. The Hall–Kier alpha value is -0.900. The summed E-state index contributed by atoms with van der Waals surface area (Å²) in [6, 6.07) is 0.805. The largest absolute Gasteiger partial charge is 0.355 e. The molecule has 142 valence electrons. The number of halogens is 1. The lowest BCUT2D eigenvalue weighted by atomic mass is 10.0. The first-order valence-corrected chi connectivity index (χ1v) is 9.33. The van der Waals surface area contributed by atoms with Crippen molar-refractivity contribution in [2.75, 3.05) is 26.7 Å². The van der Waals surface area contributed by atoms with Crippen molar-refractivity contribution < 1.29 is 0 Å². The molecule has 2 N–H and O–H groups in total. The molecule has 25 heavy (non-hydrogen) atoms. The summed E-state index contributed by atoms with van der Waals surface area (Å²) in [4.78, 5) is 11.6. The number of rotatable bonds is 4. The molecule has 1 aromatic heterocycles. The van der Waals surface area contributed by atoms with Crippen LogP contribution < -0.4 is 10.6 Å². The Balaban J connectivity index is 0.00000225. The van der Waals surface area contributed by atoms with Crippen LogP contribution in [-0.2, 0) is 6.54 Å². The molecule has 3 rings (SSSR count). The predicted molar refractivity (Wildman–Crippen MR) is 112 cm³/mol. The summed E-state index contributed by atoms with van der Waals surface area (Å²) in [5.41, 5.74) is 0. The molecular formula is C17H32IN7. The van der Waals surface area contributed by atoms with Gasteiger partial charge >= 0.3 is 0 Å². The first-order valence-electron chi connectivity index (χ1n) is 9.33. The zero-order valence-electron chi connectivity index (χ0n) is 15.7. The fraction of sp³-hybridized carbons (Fsp3) is 0.824. The Morgan fingerprint density at radius 2 is 2.08 bits per heavy atom. The predicted octanol–water partition coefficient (Wildman–Crippen LogP) is 2.08. The molecule has 2 unspecified atom stereocenters. The molecule has 2 atom stereocenters. The van der Waals surface area contributed by atoms with Crippen molar-refractivity contribution in [1.29, 1.82) is 0 Å². The van der Waals surface area contributed by atoms with E-state index >= 15 is 0 Å². The highest BCUT2D eigenvalue weighted by Crippen LogP contribution is 2.22. The van der Waals surface area contributed by atoms with Crippen molar-refractivity contribution in [3.05, 3.63) is 11.6 Å². The van der Waals surface area contributed by atoms with Gasteiger partial charge in [0.2, 0.25) is 0 Å². The molecule has 0 amide bonds. The summed E-state index contributed by atoms with van der Waals surface area (Å²) < 4.78 is 2.03. The molecule has 0 spiro atoms. The van der Waals surface area contributed by atoms with Crippen LogP contribution in [0.15, 0.2) is 4.99 Å². The van der Waals surface area contributed by atoms with Gasteiger partial charge in [0.05, 0.1) is 6.04 Å². The SMILES string of the molecule is CCN1CCCCC1CNC(=NC)NC1CCCn2nc(C)nc21.I. The molecule has 1 aromatic rings. The third-order valence-electron chi connectivity index (χ3n) is 5.18. The quantitative estimate of drug-likeness (QED) is 0.408. The van der Waals surface area contributed by atoms with Crippen LogP contribution in [0.3, 0.4) is 0 Å². The van der Waals surface area contributed by atoms with E-state index in [9.17, 15) is 0 Å². The highest BCUT2D eigenvalue weighted by molar-refractivity contribution is 14.0. The molecule has 0 aliphatic carbocycles. The fourth-order valence-corrected chi connectivity index (χ4v) is 3.89. The second-order valence-corrected chi connectivity index (χ2v) is 6.81.